The molecule has 0 radical (unpaired) electrons. The third kappa shape index (κ3) is 4.81. The van der Waals surface area contributed by atoms with Gasteiger partial charge in [0.15, 0.2) is 0 Å². The van der Waals surface area contributed by atoms with Crippen LogP contribution in [0.15, 0.2) is 22.7 Å². The summed E-state index contributed by atoms with van der Waals surface area (Å²) >= 11 is 3.12. The highest BCUT2D eigenvalue weighted by Crippen LogP contribution is 2.40. The molecule has 0 aliphatic rings. The lowest BCUT2D eigenvalue weighted by atomic mass is 9.79. The fourth-order valence-electron chi connectivity index (χ4n) is 2.14. The molecule has 0 amide bonds. The maximum absolute atomic E-state index is 14.3. The minimum Gasteiger partial charge on any atom is -0.469 e. The highest BCUT2D eigenvalue weighted by Gasteiger charge is 2.48. The van der Waals surface area contributed by atoms with Crippen LogP contribution < -0.4 is 0 Å². The van der Waals surface area contributed by atoms with Gasteiger partial charge in [-0.15, -0.1) is 0 Å². The topological polar surface area (TPSA) is 43.4 Å². The molecule has 2 atom stereocenters. The highest BCUT2D eigenvalue weighted by atomic mass is 79.9. The van der Waals surface area contributed by atoms with E-state index in [-0.39, 0.29) is 5.56 Å². The van der Waals surface area contributed by atoms with Gasteiger partial charge in [0.05, 0.1) is 18.9 Å². The Labute approximate surface area is 150 Å². The standard InChI is InChI=1S/C16H20BrF3O3S/c1-15(2,3)24(22)9-16(14(19)20,8-13(21)23-4)11-7-10(17)5-6-12(11)18/h5-7,14H,8-9H2,1-4H3/t16-,24-/m1/s1. The zero-order valence-electron chi connectivity index (χ0n) is 13.9. The Morgan fingerprint density at radius 2 is 1.92 bits per heavy atom. The Balaban J connectivity index is 3.55. The Kier molecular flexibility index (Phi) is 7.04. The Bertz CT molecular complexity index is 631. The van der Waals surface area contributed by atoms with Crippen molar-refractivity contribution < 1.29 is 26.9 Å². The Hall–Kier alpha value is -0.890. The van der Waals surface area contributed by atoms with E-state index in [2.05, 4.69) is 20.7 Å². The number of carbonyl (C=O) groups is 1. The quantitative estimate of drug-likeness (QED) is 0.637. The molecule has 0 fully saturated rings. The van der Waals surface area contributed by atoms with Crippen LogP contribution in [0.25, 0.3) is 0 Å². The summed E-state index contributed by atoms with van der Waals surface area (Å²) in [5, 5.41) is 0. The number of halogens is 4. The SMILES string of the molecule is COC(=O)C[C@@](C[S@@](=O)C(C)(C)C)(c1cc(Br)ccc1F)C(F)F. The third-order valence-corrected chi connectivity index (χ3v) is 6.28. The lowest BCUT2D eigenvalue weighted by Crippen LogP contribution is -2.45. The van der Waals surface area contributed by atoms with Gasteiger partial charge in [0.2, 0.25) is 6.43 Å². The van der Waals surface area contributed by atoms with E-state index >= 15 is 0 Å². The van der Waals surface area contributed by atoms with Gasteiger partial charge in [-0.2, -0.15) is 0 Å². The van der Waals surface area contributed by atoms with Crippen molar-refractivity contribution in [3.05, 3.63) is 34.1 Å². The predicted molar refractivity (Wildman–Crippen MR) is 91.2 cm³/mol. The van der Waals surface area contributed by atoms with Gasteiger partial charge >= 0.3 is 5.97 Å². The number of ether oxygens (including phenoxy) is 1. The first-order valence-electron chi connectivity index (χ1n) is 7.13. The number of alkyl halides is 2. The van der Waals surface area contributed by atoms with Gasteiger partial charge in [0.25, 0.3) is 0 Å². The summed E-state index contributed by atoms with van der Waals surface area (Å²) in [7, 11) is -0.665. The molecule has 0 saturated carbocycles. The number of hydrogen-bond donors (Lipinski definition) is 0. The highest BCUT2D eigenvalue weighted by molar-refractivity contribution is 9.10. The molecule has 3 nitrogen and oxygen atoms in total. The van der Waals surface area contributed by atoms with Crippen molar-refractivity contribution in [2.45, 2.75) is 43.8 Å². The zero-order valence-corrected chi connectivity index (χ0v) is 16.3. The Morgan fingerprint density at radius 1 is 1.33 bits per heavy atom. The molecular weight excluding hydrogens is 409 g/mol. The molecule has 24 heavy (non-hydrogen) atoms. The summed E-state index contributed by atoms with van der Waals surface area (Å²) in [5.74, 6) is -2.36. The average molecular weight is 429 g/mol. The monoisotopic (exact) mass is 428 g/mol. The van der Waals surface area contributed by atoms with Crippen molar-refractivity contribution in [1.82, 2.24) is 0 Å². The van der Waals surface area contributed by atoms with Crippen LogP contribution in [0.4, 0.5) is 13.2 Å². The van der Waals surface area contributed by atoms with E-state index in [4.69, 9.17) is 0 Å². The van der Waals surface area contributed by atoms with Gasteiger partial charge in [-0.1, -0.05) is 15.9 Å². The van der Waals surface area contributed by atoms with Crippen LogP contribution in [0, 0.1) is 5.82 Å². The second-order valence-corrected chi connectivity index (χ2v) is 9.56. The second kappa shape index (κ2) is 7.99. The summed E-state index contributed by atoms with van der Waals surface area (Å²) in [6, 6.07) is 3.60. The number of methoxy groups -OCH3 is 1. The minimum atomic E-state index is -3.10. The number of carbonyl (C=O) groups excluding carboxylic acids is 1. The van der Waals surface area contributed by atoms with E-state index < -0.39 is 51.3 Å². The smallest absolute Gasteiger partial charge is 0.306 e. The summed E-state index contributed by atoms with van der Waals surface area (Å²) in [4.78, 5) is 11.7. The molecular formula is C16H20BrF3O3S. The molecule has 8 heteroatoms. The largest absolute Gasteiger partial charge is 0.469 e. The molecule has 1 aromatic carbocycles. The van der Waals surface area contributed by atoms with Crippen LogP contribution in [0.3, 0.4) is 0 Å². The molecule has 0 aliphatic carbocycles. The fourth-order valence-corrected chi connectivity index (χ4v) is 3.79. The molecule has 0 aromatic heterocycles. The van der Waals surface area contributed by atoms with Gasteiger partial charge in [-0.05, 0) is 39.0 Å². The van der Waals surface area contributed by atoms with Gasteiger partial charge in [-0.25, -0.2) is 13.2 Å². The second-order valence-electron chi connectivity index (χ2n) is 6.44. The van der Waals surface area contributed by atoms with E-state index in [1.807, 2.05) is 0 Å². The molecule has 1 rings (SSSR count). The number of hydrogen-bond acceptors (Lipinski definition) is 3. The summed E-state index contributed by atoms with van der Waals surface area (Å²) in [6.07, 6.45) is -3.87. The molecule has 0 aliphatic heterocycles. The molecule has 0 N–H and O–H groups in total. The van der Waals surface area contributed by atoms with Crippen molar-refractivity contribution in [1.29, 1.82) is 0 Å². The van der Waals surface area contributed by atoms with Crippen molar-refractivity contribution >= 4 is 32.7 Å². The zero-order chi connectivity index (χ0) is 18.7. The van der Waals surface area contributed by atoms with Crippen molar-refractivity contribution in [3.63, 3.8) is 0 Å². The molecule has 0 heterocycles. The van der Waals surface area contributed by atoms with Crippen LogP contribution in [0.1, 0.15) is 32.8 Å². The lowest BCUT2D eigenvalue weighted by Gasteiger charge is -2.34. The van der Waals surface area contributed by atoms with Gasteiger partial charge in [0.1, 0.15) is 5.82 Å². The predicted octanol–water partition coefficient (Wildman–Crippen LogP) is 4.20. The molecule has 0 bridgehead atoms. The lowest BCUT2D eigenvalue weighted by molar-refractivity contribution is -0.143. The average Bonchev–Trinajstić information content (AvgIpc) is 2.47. The summed E-state index contributed by atoms with van der Waals surface area (Å²) < 4.78 is 59.1. The first kappa shape index (κ1) is 21.2. The normalized spacial score (nSPS) is 15.9. The van der Waals surface area contributed by atoms with Crippen molar-refractivity contribution in [2.24, 2.45) is 0 Å². The van der Waals surface area contributed by atoms with E-state index in [9.17, 15) is 22.2 Å². The van der Waals surface area contributed by atoms with Crippen LogP contribution >= 0.6 is 15.9 Å². The molecule has 0 unspecified atom stereocenters. The summed E-state index contributed by atoms with van der Waals surface area (Å²) in [6.45, 7) is 4.90. The number of rotatable bonds is 6. The summed E-state index contributed by atoms with van der Waals surface area (Å²) in [5.41, 5.74) is -2.59. The van der Waals surface area contributed by atoms with Crippen LogP contribution in [-0.4, -0.2) is 34.2 Å². The molecule has 1 aromatic rings. The molecule has 0 spiro atoms. The van der Waals surface area contributed by atoms with Gasteiger partial charge in [0, 0.05) is 31.3 Å². The molecule has 0 saturated heterocycles. The Morgan fingerprint density at radius 3 is 2.38 bits per heavy atom. The third-order valence-electron chi connectivity index (χ3n) is 3.64. The molecule has 136 valence electrons. The van der Waals surface area contributed by atoms with E-state index in [0.29, 0.717) is 4.47 Å². The van der Waals surface area contributed by atoms with Crippen LogP contribution in [0.2, 0.25) is 0 Å². The first-order valence-corrected chi connectivity index (χ1v) is 9.24. The van der Waals surface area contributed by atoms with Crippen LogP contribution in [-0.2, 0) is 25.7 Å². The van der Waals surface area contributed by atoms with E-state index in [1.165, 1.54) is 12.1 Å². The van der Waals surface area contributed by atoms with Crippen LogP contribution in [0.5, 0.6) is 0 Å². The van der Waals surface area contributed by atoms with Gasteiger partial charge in [-0.3, -0.25) is 9.00 Å². The maximum Gasteiger partial charge on any atom is 0.306 e. The number of esters is 1. The van der Waals surface area contributed by atoms with E-state index in [1.54, 1.807) is 20.8 Å². The van der Waals surface area contributed by atoms with Gasteiger partial charge < -0.3 is 4.74 Å². The number of benzene rings is 1. The van der Waals surface area contributed by atoms with Crippen molar-refractivity contribution in [3.8, 4) is 0 Å². The van der Waals surface area contributed by atoms with Crippen molar-refractivity contribution in [2.75, 3.05) is 12.9 Å². The fraction of sp³-hybridized carbons (Fsp3) is 0.562. The maximum atomic E-state index is 14.3. The minimum absolute atomic E-state index is 0.352. The first-order chi connectivity index (χ1) is 10.9. The van der Waals surface area contributed by atoms with E-state index in [0.717, 1.165) is 13.2 Å².